The van der Waals surface area contributed by atoms with E-state index < -0.39 is 0 Å². The number of amides is 1. The number of nitrogens with zero attached hydrogens (tertiary/aromatic N) is 1. The molecule has 1 N–H and O–H groups in total. The third-order valence-corrected chi connectivity index (χ3v) is 4.30. The van der Waals surface area contributed by atoms with Gasteiger partial charge in [-0.2, -0.15) is 0 Å². The van der Waals surface area contributed by atoms with Crippen molar-refractivity contribution in [3.63, 3.8) is 0 Å². The zero-order valence-corrected chi connectivity index (χ0v) is 13.5. The van der Waals surface area contributed by atoms with Crippen molar-refractivity contribution < 1.29 is 18.7 Å². The minimum atomic E-state index is -0.322. The van der Waals surface area contributed by atoms with Gasteiger partial charge in [0.05, 0.1) is 23.7 Å². The van der Waals surface area contributed by atoms with Crippen LogP contribution in [0.4, 0.5) is 4.39 Å². The van der Waals surface area contributed by atoms with Crippen LogP contribution in [0.1, 0.15) is 21.8 Å². The monoisotopic (exact) mass is 336 g/mol. The second-order valence-electron chi connectivity index (χ2n) is 5.30. The number of hydrogen-bond acceptors (Lipinski definition) is 5. The van der Waals surface area contributed by atoms with Crippen LogP contribution in [0.15, 0.2) is 17.5 Å². The van der Waals surface area contributed by atoms with Gasteiger partial charge in [-0.05, 0) is 31.0 Å². The lowest BCUT2D eigenvalue weighted by Gasteiger charge is -2.20. The van der Waals surface area contributed by atoms with Crippen molar-refractivity contribution >= 4 is 17.2 Å². The molecule has 0 radical (unpaired) electrons. The summed E-state index contributed by atoms with van der Waals surface area (Å²) in [7, 11) is 0. The molecule has 5 nitrogen and oxygen atoms in total. The summed E-state index contributed by atoms with van der Waals surface area (Å²) >= 11 is 1.52. The molecule has 23 heavy (non-hydrogen) atoms. The molecule has 0 spiro atoms. The van der Waals surface area contributed by atoms with E-state index in [-0.39, 0.29) is 24.9 Å². The molecule has 2 aromatic rings. The third-order valence-electron chi connectivity index (χ3n) is 3.48. The molecular formula is C16H17FN2O3S. The minimum absolute atomic E-state index is 0.0928. The molecule has 0 bridgehead atoms. The summed E-state index contributed by atoms with van der Waals surface area (Å²) in [5.74, 6) is 0.254. The smallest absolute Gasteiger partial charge is 0.226 e. The highest BCUT2D eigenvalue weighted by molar-refractivity contribution is 7.09. The number of ether oxygens (including phenoxy) is 2. The maximum absolute atomic E-state index is 13.6. The molecule has 0 saturated heterocycles. The minimum Gasteiger partial charge on any atom is -0.467 e. The van der Waals surface area contributed by atoms with Gasteiger partial charge in [-0.15, -0.1) is 11.3 Å². The maximum atomic E-state index is 13.6. The number of nitrogens with one attached hydrogen (secondary N) is 1. The van der Waals surface area contributed by atoms with Gasteiger partial charge in [0.1, 0.15) is 11.6 Å². The number of aromatic nitrogens is 1. The van der Waals surface area contributed by atoms with Crippen molar-refractivity contribution in [1.29, 1.82) is 0 Å². The molecule has 3 rings (SSSR count). The van der Waals surface area contributed by atoms with Crippen molar-refractivity contribution in [1.82, 2.24) is 10.3 Å². The van der Waals surface area contributed by atoms with Gasteiger partial charge in [0.25, 0.3) is 0 Å². The zero-order valence-electron chi connectivity index (χ0n) is 12.7. The van der Waals surface area contributed by atoms with Crippen molar-refractivity contribution in [2.24, 2.45) is 0 Å². The van der Waals surface area contributed by atoms with Gasteiger partial charge >= 0.3 is 0 Å². The molecule has 1 amide bonds. The van der Waals surface area contributed by atoms with Crippen LogP contribution in [0.2, 0.25) is 0 Å². The molecule has 0 saturated carbocycles. The van der Waals surface area contributed by atoms with Crippen LogP contribution in [0.3, 0.4) is 0 Å². The second-order valence-corrected chi connectivity index (χ2v) is 6.36. The third kappa shape index (κ3) is 4.05. The number of carbonyl (C=O) groups is 1. The summed E-state index contributed by atoms with van der Waals surface area (Å²) in [6, 6.07) is 2.86. The summed E-state index contributed by atoms with van der Waals surface area (Å²) in [6.07, 6.45) is 0.762. The Labute approximate surface area is 137 Å². The van der Waals surface area contributed by atoms with Crippen LogP contribution >= 0.6 is 11.3 Å². The lowest BCUT2D eigenvalue weighted by Crippen LogP contribution is -2.27. The van der Waals surface area contributed by atoms with E-state index in [9.17, 15) is 9.18 Å². The van der Waals surface area contributed by atoms with Crippen LogP contribution in [0, 0.1) is 12.7 Å². The molecule has 1 aliphatic heterocycles. The first-order valence-corrected chi connectivity index (χ1v) is 8.19. The first-order valence-electron chi connectivity index (χ1n) is 7.31. The zero-order chi connectivity index (χ0) is 16.2. The first kappa shape index (κ1) is 15.9. The van der Waals surface area contributed by atoms with E-state index in [1.807, 2.05) is 12.3 Å². The summed E-state index contributed by atoms with van der Waals surface area (Å²) in [4.78, 5) is 16.2. The van der Waals surface area contributed by atoms with Crippen LogP contribution < -0.4 is 10.1 Å². The van der Waals surface area contributed by atoms with Gasteiger partial charge in [0, 0.05) is 17.5 Å². The molecular weight excluding hydrogens is 319 g/mol. The number of aryl methyl sites for hydroxylation is 1. The number of rotatable bonds is 5. The van der Waals surface area contributed by atoms with Gasteiger partial charge in [0.15, 0.2) is 6.79 Å². The molecule has 122 valence electrons. The number of thiazole rings is 1. The van der Waals surface area contributed by atoms with Crippen LogP contribution in [0.25, 0.3) is 0 Å². The van der Waals surface area contributed by atoms with Gasteiger partial charge < -0.3 is 14.8 Å². The Balaban J connectivity index is 1.56. The Morgan fingerprint density at radius 2 is 2.35 bits per heavy atom. The Morgan fingerprint density at radius 3 is 3.13 bits per heavy atom. The van der Waals surface area contributed by atoms with Gasteiger partial charge in [0.2, 0.25) is 5.91 Å². The molecule has 1 aliphatic rings. The van der Waals surface area contributed by atoms with Gasteiger partial charge in [-0.1, -0.05) is 0 Å². The van der Waals surface area contributed by atoms with E-state index in [0.29, 0.717) is 30.9 Å². The quantitative estimate of drug-likeness (QED) is 0.911. The number of halogens is 1. The van der Waals surface area contributed by atoms with E-state index in [1.54, 1.807) is 0 Å². The highest BCUT2D eigenvalue weighted by Crippen LogP contribution is 2.29. The fourth-order valence-corrected chi connectivity index (χ4v) is 3.11. The summed E-state index contributed by atoms with van der Waals surface area (Å²) < 4.78 is 24.2. The molecule has 0 fully saturated rings. The average molecular weight is 336 g/mol. The Hall–Kier alpha value is -1.99. The Morgan fingerprint density at radius 1 is 1.48 bits per heavy atom. The second kappa shape index (κ2) is 7.06. The summed E-state index contributed by atoms with van der Waals surface area (Å²) in [5, 5.41) is 5.66. The summed E-state index contributed by atoms with van der Waals surface area (Å²) in [5.41, 5.74) is 2.22. The van der Waals surface area contributed by atoms with Crippen LogP contribution in [-0.4, -0.2) is 24.2 Å². The van der Waals surface area contributed by atoms with Crippen molar-refractivity contribution in [3.8, 4) is 5.75 Å². The van der Waals surface area contributed by atoms with Gasteiger partial charge in [-0.3, -0.25) is 4.79 Å². The molecule has 0 atom stereocenters. The highest BCUT2D eigenvalue weighted by Gasteiger charge is 2.17. The van der Waals surface area contributed by atoms with E-state index >= 15 is 0 Å². The van der Waals surface area contributed by atoms with E-state index in [0.717, 1.165) is 16.3 Å². The lowest BCUT2D eigenvalue weighted by atomic mass is 10.1. The van der Waals surface area contributed by atoms with E-state index in [2.05, 4.69) is 10.3 Å². The van der Waals surface area contributed by atoms with Crippen molar-refractivity contribution in [2.75, 3.05) is 13.3 Å². The molecule has 7 heteroatoms. The van der Waals surface area contributed by atoms with Crippen molar-refractivity contribution in [3.05, 3.63) is 45.2 Å². The number of benzene rings is 1. The van der Waals surface area contributed by atoms with E-state index in [4.69, 9.17) is 9.47 Å². The average Bonchev–Trinajstić information content (AvgIpc) is 2.92. The fourth-order valence-electron chi connectivity index (χ4n) is 2.50. The highest BCUT2D eigenvalue weighted by atomic mass is 32.1. The number of carbonyl (C=O) groups excluding carboxylic acids is 1. The van der Waals surface area contributed by atoms with E-state index in [1.165, 1.54) is 23.5 Å². The number of fused-ring (bicyclic) bond motifs is 1. The summed E-state index contributed by atoms with van der Waals surface area (Å²) in [6.45, 7) is 2.84. The standard InChI is InChI=1S/C16H17FN2O3S/c1-10-19-14(8-23-10)6-15(20)18-3-2-11-4-13(17)5-12-7-21-9-22-16(11)12/h4-5,8H,2-3,6-7,9H2,1H3,(H,18,20). The predicted molar refractivity (Wildman–Crippen MR) is 84.0 cm³/mol. The Kier molecular flexibility index (Phi) is 4.88. The van der Waals surface area contributed by atoms with Gasteiger partial charge in [-0.25, -0.2) is 9.37 Å². The largest absolute Gasteiger partial charge is 0.467 e. The molecule has 1 aromatic heterocycles. The fraction of sp³-hybridized carbons (Fsp3) is 0.375. The SMILES string of the molecule is Cc1nc(CC(=O)NCCc2cc(F)cc3c2OCOC3)cs1. The molecule has 0 aliphatic carbocycles. The number of hydrogen-bond donors (Lipinski definition) is 1. The predicted octanol–water partition coefficient (Wildman–Crippen LogP) is 2.36. The normalized spacial score (nSPS) is 13.3. The lowest BCUT2D eigenvalue weighted by molar-refractivity contribution is -0.120. The maximum Gasteiger partial charge on any atom is 0.226 e. The van der Waals surface area contributed by atoms with Crippen LogP contribution in [0.5, 0.6) is 5.75 Å². The Bertz CT molecular complexity index is 717. The first-order chi connectivity index (χ1) is 11.1. The molecule has 0 unspecified atom stereocenters. The molecule has 2 heterocycles. The van der Waals surface area contributed by atoms with Crippen molar-refractivity contribution in [2.45, 2.75) is 26.4 Å². The molecule has 1 aromatic carbocycles. The van der Waals surface area contributed by atoms with Crippen LogP contribution in [-0.2, 0) is 29.0 Å². The topological polar surface area (TPSA) is 60.5 Å².